The lowest BCUT2D eigenvalue weighted by Crippen LogP contribution is -2.32. The summed E-state index contributed by atoms with van der Waals surface area (Å²) in [4.78, 5) is 2.82. The summed E-state index contributed by atoms with van der Waals surface area (Å²) in [5.74, 6) is 1.70. The number of nitrogens with zero attached hydrogens (tertiary/aromatic N) is 1. The maximum atomic E-state index is 5.81. The van der Waals surface area contributed by atoms with Crippen LogP contribution in [-0.4, -0.2) is 36.1 Å². The van der Waals surface area contributed by atoms with Crippen LogP contribution in [0.25, 0.3) is 0 Å². The molecule has 1 fully saturated rings. The summed E-state index contributed by atoms with van der Waals surface area (Å²) in [6.07, 6.45) is 3.80. The molecule has 1 saturated carbocycles. The first-order valence-electron chi connectivity index (χ1n) is 7.31. The second-order valence-corrected chi connectivity index (χ2v) is 6.06. The van der Waals surface area contributed by atoms with E-state index < -0.39 is 0 Å². The van der Waals surface area contributed by atoms with Gasteiger partial charge in [0.1, 0.15) is 10.7 Å². The fraction of sp³-hybridized carbons (Fsp3) is 0.562. The van der Waals surface area contributed by atoms with Gasteiger partial charge < -0.3 is 15.4 Å². The summed E-state index contributed by atoms with van der Waals surface area (Å²) in [5, 5.41) is 0. The van der Waals surface area contributed by atoms with Crippen molar-refractivity contribution in [2.24, 2.45) is 11.7 Å². The largest absolute Gasteiger partial charge is 0.493 e. The third-order valence-electron chi connectivity index (χ3n) is 4.06. The van der Waals surface area contributed by atoms with Crippen LogP contribution in [0.3, 0.4) is 0 Å². The highest BCUT2D eigenvalue weighted by Crippen LogP contribution is 2.34. The van der Waals surface area contributed by atoms with Gasteiger partial charge in [0.05, 0.1) is 12.2 Å². The van der Waals surface area contributed by atoms with Crippen LogP contribution in [0.1, 0.15) is 31.7 Å². The zero-order chi connectivity index (χ0) is 14.5. The van der Waals surface area contributed by atoms with Crippen LogP contribution in [0, 0.1) is 5.92 Å². The molecule has 3 nitrogen and oxygen atoms in total. The molecule has 0 heterocycles. The highest BCUT2D eigenvalue weighted by Gasteiger charge is 2.29. The van der Waals surface area contributed by atoms with E-state index in [1.807, 2.05) is 24.3 Å². The van der Waals surface area contributed by atoms with Crippen LogP contribution in [0.15, 0.2) is 24.3 Å². The lowest BCUT2D eigenvalue weighted by atomic mass is 10.2. The Balaban J connectivity index is 1.74. The molecule has 1 aliphatic carbocycles. The summed E-state index contributed by atoms with van der Waals surface area (Å²) in [7, 11) is 2.20. The summed E-state index contributed by atoms with van der Waals surface area (Å²) in [6.45, 7) is 4.08. The molecular formula is C16H24N2OS. The Morgan fingerprint density at radius 2 is 2.15 bits per heavy atom. The van der Waals surface area contributed by atoms with E-state index in [1.165, 1.54) is 12.8 Å². The Kier molecular flexibility index (Phi) is 5.38. The van der Waals surface area contributed by atoms with Gasteiger partial charge in [-0.2, -0.15) is 0 Å². The molecule has 1 aromatic rings. The van der Waals surface area contributed by atoms with Crippen molar-refractivity contribution in [2.75, 3.05) is 20.2 Å². The minimum absolute atomic E-state index is 0.389. The topological polar surface area (TPSA) is 38.5 Å². The molecule has 0 radical (unpaired) electrons. The van der Waals surface area contributed by atoms with E-state index in [1.54, 1.807) is 0 Å². The minimum atomic E-state index is 0.389. The predicted octanol–water partition coefficient (Wildman–Crippen LogP) is 2.82. The number of ether oxygens (including phenoxy) is 1. The minimum Gasteiger partial charge on any atom is -0.493 e. The van der Waals surface area contributed by atoms with Gasteiger partial charge in [-0.1, -0.05) is 24.4 Å². The van der Waals surface area contributed by atoms with Crippen molar-refractivity contribution >= 4 is 17.2 Å². The Morgan fingerprint density at radius 3 is 2.80 bits per heavy atom. The average Bonchev–Trinajstić information content (AvgIpc) is 3.27. The van der Waals surface area contributed by atoms with Gasteiger partial charge in [-0.15, -0.1) is 0 Å². The number of nitrogens with two attached hydrogens (primary N) is 1. The fourth-order valence-corrected chi connectivity index (χ4v) is 2.60. The molecule has 2 rings (SSSR count). The van der Waals surface area contributed by atoms with Gasteiger partial charge in [0.25, 0.3) is 0 Å². The molecule has 0 saturated heterocycles. The molecule has 1 unspecified atom stereocenters. The second kappa shape index (κ2) is 7.04. The molecular weight excluding hydrogens is 268 g/mol. The molecule has 2 N–H and O–H groups in total. The maximum absolute atomic E-state index is 5.81. The molecule has 0 aromatic heterocycles. The number of hydrogen-bond acceptors (Lipinski definition) is 3. The standard InChI is InChI=1S/C16H24N2OS/c1-12(13-8-9-13)18(2)10-5-11-19-15-7-4-3-6-14(15)16(17)20/h3-4,6-7,12-13H,5,8-11H2,1-2H3,(H2,17,20). The number of hydrogen-bond donors (Lipinski definition) is 1. The number of para-hydroxylation sites is 1. The van der Waals surface area contributed by atoms with Crippen LogP contribution >= 0.6 is 12.2 Å². The highest BCUT2D eigenvalue weighted by molar-refractivity contribution is 7.80. The first kappa shape index (κ1) is 15.3. The lowest BCUT2D eigenvalue weighted by Gasteiger charge is -2.24. The average molecular weight is 292 g/mol. The van der Waals surface area contributed by atoms with E-state index >= 15 is 0 Å². The van der Waals surface area contributed by atoms with E-state index in [0.717, 1.165) is 30.2 Å². The van der Waals surface area contributed by atoms with Gasteiger partial charge >= 0.3 is 0 Å². The lowest BCUT2D eigenvalue weighted by molar-refractivity contribution is 0.209. The number of rotatable bonds is 8. The zero-order valence-electron chi connectivity index (χ0n) is 12.3. The van der Waals surface area contributed by atoms with Crippen molar-refractivity contribution in [2.45, 2.75) is 32.2 Å². The third kappa shape index (κ3) is 4.18. The Morgan fingerprint density at radius 1 is 1.45 bits per heavy atom. The SMILES string of the molecule is CC(C1CC1)N(C)CCCOc1ccccc1C(N)=S. The summed E-state index contributed by atoms with van der Waals surface area (Å²) in [5.41, 5.74) is 6.51. The first-order valence-corrected chi connectivity index (χ1v) is 7.72. The smallest absolute Gasteiger partial charge is 0.129 e. The fourth-order valence-electron chi connectivity index (χ4n) is 2.43. The van der Waals surface area contributed by atoms with Crippen LogP contribution in [-0.2, 0) is 0 Å². The molecule has 0 spiro atoms. The van der Waals surface area contributed by atoms with Crippen LogP contribution in [0.4, 0.5) is 0 Å². The van der Waals surface area contributed by atoms with E-state index in [2.05, 4.69) is 18.9 Å². The van der Waals surface area contributed by atoms with Gasteiger partial charge in [0, 0.05) is 12.6 Å². The van der Waals surface area contributed by atoms with E-state index in [0.29, 0.717) is 17.6 Å². The quantitative estimate of drug-likeness (QED) is 0.591. The van der Waals surface area contributed by atoms with E-state index in [-0.39, 0.29) is 0 Å². The van der Waals surface area contributed by atoms with E-state index in [9.17, 15) is 0 Å². The molecule has 4 heteroatoms. The van der Waals surface area contributed by atoms with Crippen molar-refractivity contribution in [3.63, 3.8) is 0 Å². The normalized spacial score (nSPS) is 16.1. The van der Waals surface area contributed by atoms with Crippen LogP contribution in [0.5, 0.6) is 5.75 Å². The van der Waals surface area contributed by atoms with Crippen molar-refractivity contribution in [1.29, 1.82) is 0 Å². The van der Waals surface area contributed by atoms with Gasteiger partial charge in [0.15, 0.2) is 0 Å². The molecule has 1 aromatic carbocycles. The Hall–Kier alpha value is -1.13. The summed E-state index contributed by atoms with van der Waals surface area (Å²) < 4.78 is 5.81. The first-order chi connectivity index (χ1) is 9.59. The molecule has 110 valence electrons. The Bertz CT molecular complexity index is 460. The number of benzene rings is 1. The molecule has 1 aliphatic rings. The van der Waals surface area contributed by atoms with Crippen LogP contribution < -0.4 is 10.5 Å². The van der Waals surface area contributed by atoms with Gasteiger partial charge in [-0.25, -0.2) is 0 Å². The maximum Gasteiger partial charge on any atom is 0.129 e. The molecule has 1 atom stereocenters. The molecule has 0 bridgehead atoms. The van der Waals surface area contributed by atoms with Gasteiger partial charge in [-0.3, -0.25) is 0 Å². The predicted molar refractivity (Wildman–Crippen MR) is 87.3 cm³/mol. The Labute approximate surface area is 127 Å². The van der Waals surface area contributed by atoms with Gasteiger partial charge in [-0.05, 0) is 51.3 Å². The van der Waals surface area contributed by atoms with E-state index in [4.69, 9.17) is 22.7 Å². The second-order valence-electron chi connectivity index (χ2n) is 5.62. The number of thiocarbonyl (C=S) groups is 1. The molecule has 0 amide bonds. The van der Waals surface area contributed by atoms with Crippen molar-refractivity contribution in [3.8, 4) is 5.75 Å². The third-order valence-corrected chi connectivity index (χ3v) is 4.28. The summed E-state index contributed by atoms with van der Waals surface area (Å²) in [6, 6.07) is 8.38. The molecule has 0 aliphatic heterocycles. The van der Waals surface area contributed by atoms with Crippen molar-refractivity contribution in [3.05, 3.63) is 29.8 Å². The van der Waals surface area contributed by atoms with Crippen LogP contribution in [0.2, 0.25) is 0 Å². The highest BCUT2D eigenvalue weighted by atomic mass is 32.1. The van der Waals surface area contributed by atoms with Crippen molar-refractivity contribution in [1.82, 2.24) is 4.90 Å². The summed E-state index contributed by atoms with van der Waals surface area (Å²) >= 11 is 5.03. The van der Waals surface area contributed by atoms with Gasteiger partial charge in [0.2, 0.25) is 0 Å². The van der Waals surface area contributed by atoms with Crippen molar-refractivity contribution < 1.29 is 4.74 Å². The monoisotopic (exact) mass is 292 g/mol. The molecule has 20 heavy (non-hydrogen) atoms. The zero-order valence-corrected chi connectivity index (χ0v) is 13.2.